The summed E-state index contributed by atoms with van der Waals surface area (Å²) in [4.78, 5) is 4.42. The molecule has 0 fully saturated rings. The molecule has 0 spiro atoms. The number of aromatic nitrogens is 2. The standard InChI is InChI=1S/C14H11Cl2FN2O/c15-4-3-14-18-12-7-11(17)10(16)6-13(12)19(14)8-9-2-1-5-20-9/h1-2,5-7H,3-4,8H2. The fraction of sp³-hybridized carbons (Fsp3) is 0.214. The average molecular weight is 313 g/mol. The predicted octanol–water partition coefficient (Wildman–Crippen LogP) is 4.25. The summed E-state index contributed by atoms with van der Waals surface area (Å²) in [6, 6.07) is 6.62. The van der Waals surface area contributed by atoms with Crippen LogP contribution in [0.5, 0.6) is 0 Å². The Labute approximate surface area is 124 Å². The zero-order valence-corrected chi connectivity index (χ0v) is 12.0. The van der Waals surface area contributed by atoms with Crippen LogP contribution in [0.25, 0.3) is 11.0 Å². The molecule has 0 amide bonds. The third kappa shape index (κ3) is 2.41. The van der Waals surface area contributed by atoms with E-state index < -0.39 is 5.82 Å². The third-order valence-corrected chi connectivity index (χ3v) is 3.56. The molecule has 0 saturated carbocycles. The van der Waals surface area contributed by atoms with Crippen molar-refractivity contribution >= 4 is 34.2 Å². The molecular formula is C14H11Cl2FN2O. The smallest absolute Gasteiger partial charge is 0.144 e. The van der Waals surface area contributed by atoms with Gasteiger partial charge in [-0.25, -0.2) is 9.37 Å². The van der Waals surface area contributed by atoms with Crippen molar-refractivity contribution in [3.05, 3.63) is 53.0 Å². The second-order valence-corrected chi connectivity index (χ2v) is 5.17. The van der Waals surface area contributed by atoms with Crippen molar-refractivity contribution in [2.45, 2.75) is 13.0 Å². The molecule has 104 valence electrons. The summed E-state index contributed by atoms with van der Waals surface area (Å²) < 4.78 is 20.8. The molecule has 0 aliphatic heterocycles. The van der Waals surface area contributed by atoms with Gasteiger partial charge in [0.1, 0.15) is 17.4 Å². The van der Waals surface area contributed by atoms with Gasteiger partial charge in [0, 0.05) is 18.4 Å². The van der Waals surface area contributed by atoms with E-state index in [1.165, 1.54) is 6.07 Å². The van der Waals surface area contributed by atoms with Gasteiger partial charge in [0.05, 0.1) is 28.9 Å². The number of benzene rings is 1. The molecule has 0 bridgehead atoms. The van der Waals surface area contributed by atoms with E-state index in [0.717, 1.165) is 17.1 Å². The van der Waals surface area contributed by atoms with Gasteiger partial charge in [-0.3, -0.25) is 0 Å². The van der Waals surface area contributed by atoms with Gasteiger partial charge >= 0.3 is 0 Å². The third-order valence-electron chi connectivity index (χ3n) is 3.08. The lowest BCUT2D eigenvalue weighted by atomic mass is 10.3. The van der Waals surface area contributed by atoms with Crippen LogP contribution in [0.2, 0.25) is 5.02 Å². The van der Waals surface area contributed by atoms with Gasteiger partial charge in [-0.1, -0.05) is 11.6 Å². The minimum Gasteiger partial charge on any atom is -0.467 e. The maximum atomic E-state index is 13.5. The van der Waals surface area contributed by atoms with Crippen LogP contribution < -0.4 is 0 Å². The van der Waals surface area contributed by atoms with Gasteiger partial charge in [-0.05, 0) is 18.2 Å². The first kappa shape index (κ1) is 13.5. The van der Waals surface area contributed by atoms with Gasteiger partial charge in [-0.2, -0.15) is 0 Å². The van der Waals surface area contributed by atoms with E-state index in [1.807, 2.05) is 16.7 Å². The van der Waals surface area contributed by atoms with E-state index >= 15 is 0 Å². The number of hydrogen-bond donors (Lipinski definition) is 0. The second kappa shape index (κ2) is 5.46. The number of nitrogens with zero attached hydrogens (tertiary/aromatic N) is 2. The van der Waals surface area contributed by atoms with Crippen molar-refractivity contribution in [2.24, 2.45) is 0 Å². The molecular weight excluding hydrogens is 302 g/mol. The van der Waals surface area contributed by atoms with E-state index in [1.54, 1.807) is 12.3 Å². The van der Waals surface area contributed by atoms with Gasteiger partial charge in [-0.15, -0.1) is 11.6 Å². The fourth-order valence-electron chi connectivity index (χ4n) is 2.18. The molecule has 2 aromatic heterocycles. The van der Waals surface area contributed by atoms with E-state index in [-0.39, 0.29) is 5.02 Å². The normalized spacial score (nSPS) is 11.3. The molecule has 0 saturated heterocycles. The lowest BCUT2D eigenvalue weighted by Crippen LogP contribution is -2.05. The Hall–Kier alpha value is -1.52. The lowest BCUT2D eigenvalue weighted by molar-refractivity contribution is 0.492. The molecule has 0 aliphatic rings. The Morgan fingerprint density at radius 1 is 1.35 bits per heavy atom. The highest BCUT2D eigenvalue weighted by Crippen LogP contribution is 2.25. The Kier molecular flexibility index (Phi) is 3.68. The van der Waals surface area contributed by atoms with Crippen LogP contribution in [0.3, 0.4) is 0 Å². The van der Waals surface area contributed by atoms with Gasteiger partial charge in [0.25, 0.3) is 0 Å². The summed E-state index contributed by atoms with van der Waals surface area (Å²) in [7, 11) is 0. The Bertz CT molecular complexity index is 737. The average Bonchev–Trinajstić information content (AvgIpc) is 3.02. The van der Waals surface area contributed by atoms with Gasteiger partial charge in [0.2, 0.25) is 0 Å². The molecule has 0 radical (unpaired) electrons. The van der Waals surface area contributed by atoms with Crippen LogP contribution in [0.1, 0.15) is 11.6 Å². The van der Waals surface area contributed by atoms with Crippen molar-refractivity contribution in [3.8, 4) is 0 Å². The molecule has 0 aliphatic carbocycles. The fourth-order valence-corrected chi connectivity index (χ4v) is 2.51. The number of fused-ring (bicyclic) bond motifs is 1. The first-order valence-electron chi connectivity index (χ1n) is 6.11. The molecule has 3 nitrogen and oxygen atoms in total. The summed E-state index contributed by atoms with van der Waals surface area (Å²) in [6.07, 6.45) is 2.21. The number of aryl methyl sites for hydroxylation is 1. The largest absolute Gasteiger partial charge is 0.467 e. The number of imidazole rings is 1. The highest BCUT2D eigenvalue weighted by molar-refractivity contribution is 6.31. The predicted molar refractivity (Wildman–Crippen MR) is 76.9 cm³/mol. The molecule has 3 aromatic rings. The van der Waals surface area contributed by atoms with E-state index in [0.29, 0.717) is 24.4 Å². The minimum atomic E-state index is -0.473. The number of halogens is 3. The lowest BCUT2D eigenvalue weighted by Gasteiger charge is -2.06. The quantitative estimate of drug-likeness (QED) is 0.674. The topological polar surface area (TPSA) is 31.0 Å². The first-order chi connectivity index (χ1) is 9.69. The minimum absolute atomic E-state index is 0.0792. The molecule has 1 aromatic carbocycles. The van der Waals surface area contributed by atoms with Crippen molar-refractivity contribution in [3.63, 3.8) is 0 Å². The number of rotatable bonds is 4. The summed E-state index contributed by atoms with van der Waals surface area (Å²) in [5.74, 6) is 1.55. The number of alkyl halides is 1. The summed E-state index contributed by atoms with van der Waals surface area (Å²) in [6.45, 7) is 0.512. The highest BCUT2D eigenvalue weighted by atomic mass is 35.5. The van der Waals surface area contributed by atoms with Crippen LogP contribution >= 0.6 is 23.2 Å². The van der Waals surface area contributed by atoms with Crippen LogP contribution in [0.15, 0.2) is 34.9 Å². The Morgan fingerprint density at radius 2 is 2.20 bits per heavy atom. The van der Waals surface area contributed by atoms with Crippen LogP contribution in [-0.4, -0.2) is 15.4 Å². The van der Waals surface area contributed by atoms with Gasteiger partial charge < -0.3 is 8.98 Å². The number of furan rings is 1. The van der Waals surface area contributed by atoms with E-state index in [2.05, 4.69) is 4.98 Å². The van der Waals surface area contributed by atoms with Crippen LogP contribution in [-0.2, 0) is 13.0 Å². The first-order valence-corrected chi connectivity index (χ1v) is 7.03. The Morgan fingerprint density at radius 3 is 2.90 bits per heavy atom. The zero-order valence-electron chi connectivity index (χ0n) is 10.4. The molecule has 6 heteroatoms. The van der Waals surface area contributed by atoms with Crippen molar-refractivity contribution < 1.29 is 8.81 Å². The second-order valence-electron chi connectivity index (χ2n) is 4.39. The van der Waals surface area contributed by atoms with Crippen molar-refractivity contribution in [1.82, 2.24) is 9.55 Å². The van der Waals surface area contributed by atoms with Crippen molar-refractivity contribution in [2.75, 3.05) is 5.88 Å². The SMILES string of the molecule is Fc1cc2nc(CCCl)n(Cc3ccco3)c2cc1Cl. The molecule has 20 heavy (non-hydrogen) atoms. The van der Waals surface area contributed by atoms with Crippen molar-refractivity contribution in [1.29, 1.82) is 0 Å². The molecule has 3 rings (SSSR count). The van der Waals surface area contributed by atoms with E-state index in [9.17, 15) is 4.39 Å². The van der Waals surface area contributed by atoms with Crippen LogP contribution in [0, 0.1) is 5.82 Å². The zero-order chi connectivity index (χ0) is 14.1. The maximum absolute atomic E-state index is 13.5. The van der Waals surface area contributed by atoms with Crippen LogP contribution in [0.4, 0.5) is 4.39 Å². The molecule has 0 unspecified atom stereocenters. The van der Waals surface area contributed by atoms with Gasteiger partial charge in [0.15, 0.2) is 0 Å². The maximum Gasteiger partial charge on any atom is 0.144 e. The summed E-state index contributed by atoms with van der Waals surface area (Å²) >= 11 is 11.7. The molecule has 2 heterocycles. The summed E-state index contributed by atoms with van der Waals surface area (Å²) in [5, 5.41) is 0.0792. The monoisotopic (exact) mass is 312 g/mol. The summed E-state index contributed by atoms with van der Waals surface area (Å²) in [5.41, 5.74) is 1.34. The highest BCUT2D eigenvalue weighted by Gasteiger charge is 2.14. The number of hydrogen-bond acceptors (Lipinski definition) is 2. The molecule has 0 atom stereocenters. The molecule has 0 N–H and O–H groups in total. The van der Waals surface area contributed by atoms with E-state index in [4.69, 9.17) is 27.6 Å². The Balaban J connectivity index is 2.15.